The largest absolute Gasteiger partial charge is 0.397 e. The smallest absolute Gasteiger partial charge is 0.263 e. The zero-order chi connectivity index (χ0) is 12.9. The lowest BCUT2D eigenvalue weighted by Gasteiger charge is -2.02. The lowest BCUT2D eigenvalue weighted by molar-refractivity contribution is 0.0954. The molecule has 1 amide bonds. The minimum absolute atomic E-state index is 0.0424. The van der Waals surface area contributed by atoms with Crippen molar-refractivity contribution in [2.24, 2.45) is 5.92 Å². The van der Waals surface area contributed by atoms with Crippen LogP contribution >= 0.6 is 27.3 Å². The minimum atomic E-state index is -0.0424. The van der Waals surface area contributed by atoms with Crippen LogP contribution in [0.15, 0.2) is 22.7 Å². The second kappa shape index (κ2) is 4.24. The van der Waals surface area contributed by atoms with Gasteiger partial charge in [-0.1, -0.05) is 28.9 Å². The van der Waals surface area contributed by atoms with E-state index in [0.717, 1.165) is 21.0 Å². The van der Waals surface area contributed by atoms with Crippen molar-refractivity contribution in [1.82, 2.24) is 5.32 Å². The molecule has 1 fully saturated rings. The van der Waals surface area contributed by atoms with Crippen LogP contribution in [-0.4, -0.2) is 11.9 Å². The van der Waals surface area contributed by atoms with Gasteiger partial charge < -0.3 is 11.1 Å². The second-order valence-electron chi connectivity index (χ2n) is 4.78. The van der Waals surface area contributed by atoms with Crippen LogP contribution in [0.3, 0.4) is 0 Å². The summed E-state index contributed by atoms with van der Waals surface area (Å²) in [5.74, 6) is 0.554. The van der Waals surface area contributed by atoms with E-state index in [1.807, 2.05) is 18.2 Å². The van der Waals surface area contributed by atoms with Crippen LogP contribution in [0, 0.1) is 5.92 Å². The topological polar surface area (TPSA) is 55.1 Å². The van der Waals surface area contributed by atoms with Crippen molar-refractivity contribution in [3.8, 4) is 0 Å². The van der Waals surface area contributed by atoms with E-state index in [2.05, 4.69) is 28.2 Å². The molecule has 0 bridgehead atoms. The summed E-state index contributed by atoms with van der Waals surface area (Å²) >= 11 is 4.88. The third kappa shape index (κ3) is 2.01. The molecule has 0 spiro atoms. The van der Waals surface area contributed by atoms with Crippen molar-refractivity contribution in [2.75, 3.05) is 5.73 Å². The Kier molecular flexibility index (Phi) is 2.83. The molecule has 1 aliphatic rings. The van der Waals surface area contributed by atoms with Gasteiger partial charge in [-0.25, -0.2) is 0 Å². The van der Waals surface area contributed by atoms with Crippen LogP contribution in [0.25, 0.3) is 10.1 Å². The molecule has 2 atom stereocenters. The number of fused-ring (bicyclic) bond motifs is 1. The number of amides is 1. The lowest BCUT2D eigenvalue weighted by Crippen LogP contribution is -2.26. The van der Waals surface area contributed by atoms with Gasteiger partial charge in [-0.15, -0.1) is 11.3 Å². The summed E-state index contributed by atoms with van der Waals surface area (Å²) in [5.41, 5.74) is 6.65. The molecule has 1 aliphatic carbocycles. The Morgan fingerprint density at radius 3 is 2.94 bits per heavy atom. The Morgan fingerprint density at radius 1 is 1.56 bits per heavy atom. The first-order valence-corrected chi connectivity index (χ1v) is 7.45. The van der Waals surface area contributed by atoms with Gasteiger partial charge in [0.2, 0.25) is 0 Å². The van der Waals surface area contributed by atoms with Gasteiger partial charge in [-0.05, 0) is 24.5 Å². The first-order valence-electron chi connectivity index (χ1n) is 5.84. The lowest BCUT2D eigenvalue weighted by atomic mass is 10.2. The summed E-state index contributed by atoms with van der Waals surface area (Å²) in [4.78, 5) is 12.8. The summed E-state index contributed by atoms with van der Waals surface area (Å²) in [6, 6.07) is 6.21. The first-order chi connectivity index (χ1) is 8.56. The van der Waals surface area contributed by atoms with E-state index < -0.39 is 0 Å². The zero-order valence-electron chi connectivity index (χ0n) is 9.87. The van der Waals surface area contributed by atoms with Gasteiger partial charge in [-0.2, -0.15) is 0 Å². The summed E-state index contributed by atoms with van der Waals surface area (Å²) in [5, 5.41) is 3.97. The van der Waals surface area contributed by atoms with Gasteiger partial charge in [0.15, 0.2) is 0 Å². The van der Waals surface area contributed by atoms with Crippen LogP contribution in [-0.2, 0) is 0 Å². The standard InChI is InChI=1S/C13H13BrN2OS/c1-6-4-9(6)16-13(17)12-11(15)8-3-2-7(14)5-10(8)18-12/h2-3,5-6,9H,4,15H2,1H3,(H,16,17). The maximum Gasteiger partial charge on any atom is 0.263 e. The molecule has 2 aromatic rings. The van der Waals surface area contributed by atoms with E-state index in [4.69, 9.17) is 5.73 Å². The van der Waals surface area contributed by atoms with Crippen LogP contribution in [0.1, 0.15) is 23.0 Å². The monoisotopic (exact) mass is 324 g/mol. The number of nitrogens with one attached hydrogen (secondary N) is 1. The SMILES string of the molecule is CC1CC1NC(=O)c1sc2cc(Br)ccc2c1N. The fraction of sp³-hybridized carbons (Fsp3) is 0.308. The fourth-order valence-electron chi connectivity index (χ4n) is 2.02. The third-order valence-electron chi connectivity index (χ3n) is 3.32. The Balaban J connectivity index is 1.96. The number of hydrogen-bond acceptors (Lipinski definition) is 3. The Morgan fingerprint density at radius 2 is 2.28 bits per heavy atom. The zero-order valence-corrected chi connectivity index (χ0v) is 12.3. The van der Waals surface area contributed by atoms with Crippen LogP contribution in [0.4, 0.5) is 5.69 Å². The van der Waals surface area contributed by atoms with Crippen molar-refractivity contribution < 1.29 is 4.79 Å². The van der Waals surface area contributed by atoms with E-state index >= 15 is 0 Å². The fourth-order valence-corrected chi connectivity index (χ4v) is 3.59. The molecule has 3 rings (SSSR count). The molecule has 0 radical (unpaired) electrons. The van der Waals surface area contributed by atoms with E-state index in [0.29, 0.717) is 22.5 Å². The number of nitrogen functional groups attached to an aromatic ring is 1. The third-order valence-corrected chi connectivity index (χ3v) is 4.98. The maximum atomic E-state index is 12.1. The molecule has 94 valence electrons. The highest BCUT2D eigenvalue weighted by Crippen LogP contribution is 2.36. The Labute approximate surface area is 117 Å². The number of thiophene rings is 1. The number of carbonyl (C=O) groups excluding carboxylic acids is 1. The number of anilines is 1. The number of benzene rings is 1. The van der Waals surface area contributed by atoms with E-state index in [1.54, 1.807) is 0 Å². The Hall–Kier alpha value is -1.07. The van der Waals surface area contributed by atoms with Crippen molar-refractivity contribution >= 4 is 48.9 Å². The molecular formula is C13H13BrN2OS. The first kappa shape index (κ1) is 12.0. The summed E-state index contributed by atoms with van der Waals surface area (Å²) < 4.78 is 2.04. The van der Waals surface area contributed by atoms with Crippen molar-refractivity contribution in [3.05, 3.63) is 27.5 Å². The van der Waals surface area contributed by atoms with Gasteiger partial charge in [0, 0.05) is 20.6 Å². The van der Waals surface area contributed by atoms with Gasteiger partial charge in [0.25, 0.3) is 5.91 Å². The number of nitrogens with two attached hydrogens (primary N) is 1. The molecule has 3 nitrogen and oxygen atoms in total. The molecule has 0 aliphatic heterocycles. The van der Waals surface area contributed by atoms with Crippen LogP contribution in [0.2, 0.25) is 0 Å². The predicted molar refractivity (Wildman–Crippen MR) is 79.0 cm³/mol. The molecule has 1 saturated carbocycles. The summed E-state index contributed by atoms with van der Waals surface area (Å²) in [6.45, 7) is 2.14. The van der Waals surface area contributed by atoms with Crippen LogP contribution in [0.5, 0.6) is 0 Å². The van der Waals surface area contributed by atoms with Gasteiger partial charge in [0.05, 0.1) is 5.69 Å². The van der Waals surface area contributed by atoms with Crippen molar-refractivity contribution in [3.63, 3.8) is 0 Å². The maximum absolute atomic E-state index is 12.1. The second-order valence-corrected chi connectivity index (χ2v) is 6.75. The molecule has 18 heavy (non-hydrogen) atoms. The Bertz CT molecular complexity index is 637. The normalized spacial score (nSPS) is 22.1. The number of hydrogen-bond donors (Lipinski definition) is 2. The molecule has 0 saturated heterocycles. The highest BCUT2D eigenvalue weighted by atomic mass is 79.9. The number of carbonyl (C=O) groups is 1. The van der Waals surface area contributed by atoms with E-state index in [-0.39, 0.29) is 5.91 Å². The molecule has 5 heteroatoms. The minimum Gasteiger partial charge on any atom is -0.397 e. The number of halogens is 1. The van der Waals surface area contributed by atoms with Crippen molar-refractivity contribution in [2.45, 2.75) is 19.4 Å². The van der Waals surface area contributed by atoms with Crippen LogP contribution < -0.4 is 11.1 Å². The highest BCUT2D eigenvalue weighted by Gasteiger charge is 2.34. The van der Waals surface area contributed by atoms with Gasteiger partial charge in [0.1, 0.15) is 4.88 Å². The molecule has 2 unspecified atom stereocenters. The average molecular weight is 325 g/mol. The number of rotatable bonds is 2. The molecule has 1 aromatic carbocycles. The highest BCUT2D eigenvalue weighted by molar-refractivity contribution is 9.10. The van der Waals surface area contributed by atoms with E-state index in [9.17, 15) is 4.79 Å². The average Bonchev–Trinajstić information content (AvgIpc) is 2.89. The van der Waals surface area contributed by atoms with E-state index in [1.165, 1.54) is 11.3 Å². The molecular weight excluding hydrogens is 312 g/mol. The summed E-state index contributed by atoms with van der Waals surface area (Å²) in [6.07, 6.45) is 1.07. The predicted octanol–water partition coefficient (Wildman–Crippen LogP) is 3.38. The molecule has 3 N–H and O–H groups in total. The molecule has 1 heterocycles. The van der Waals surface area contributed by atoms with Gasteiger partial charge in [-0.3, -0.25) is 4.79 Å². The van der Waals surface area contributed by atoms with Crippen molar-refractivity contribution in [1.29, 1.82) is 0 Å². The molecule has 1 aromatic heterocycles. The summed E-state index contributed by atoms with van der Waals surface area (Å²) in [7, 11) is 0. The quantitative estimate of drug-likeness (QED) is 0.889. The van der Waals surface area contributed by atoms with Gasteiger partial charge >= 0.3 is 0 Å².